The Kier molecular flexibility index (Phi) is 3.90. The fourth-order valence-electron chi connectivity index (χ4n) is 4.37. The lowest BCUT2D eigenvalue weighted by molar-refractivity contribution is 0.414. The highest BCUT2D eigenvalue weighted by atomic mass is 16.5. The van der Waals surface area contributed by atoms with E-state index in [0.29, 0.717) is 11.6 Å². The molecule has 2 aromatic carbocycles. The third-order valence-electron chi connectivity index (χ3n) is 5.77. The Bertz CT molecular complexity index is 1060. The van der Waals surface area contributed by atoms with Crippen molar-refractivity contribution < 1.29 is 14.6 Å². The summed E-state index contributed by atoms with van der Waals surface area (Å²) in [6.07, 6.45) is 4.14. The number of anilines is 1. The van der Waals surface area contributed by atoms with Gasteiger partial charge in [0.15, 0.2) is 0 Å². The van der Waals surface area contributed by atoms with Crippen LogP contribution in [0.5, 0.6) is 23.1 Å². The molecule has 28 heavy (non-hydrogen) atoms. The van der Waals surface area contributed by atoms with Gasteiger partial charge in [0.25, 0.3) is 0 Å². The third kappa shape index (κ3) is 2.58. The molecule has 1 aliphatic carbocycles. The highest BCUT2D eigenvalue weighted by Crippen LogP contribution is 2.51. The summed E-state index contributed by atoms with van der Waals surface area (Å²) in [4.78, 5) is 4.84. The monoisotopic (exact) mass is 374 g/mol. The number of phenolic OH excluding ortho intramolecular Hbond substituents is 1. The Morgan fingerprint density at radius 1 is 1.11 bits per heavy atom. The Morgan fingerprint density at radius 2 is 1.89 bits per heavy atom. The molecular weight excluding hydrogens is 352 g/mol. The predicted octanol–water partition coefficient (Wildman–Crippen LogP) is 4.54. The molecule has 0 bridgehead atoms. The molecule has 0 saturated carbocycles. The van der Waals surface area contributed by atoms with E-state index in [9.17, 15) is 5.11 Å². The van der Waals surface area contributed by atoms with Gasteiger partial charge in [-0.05, 0) is 55.0 Å². The summed E-state index contributed by atoms with van der Waals surface area (Å²) in [5.74, 6) is 2.04. The molecule has 0 radical (unpaired) electrons. The molecule has 0 spiro atoms. The molecule has 0 saturated heterocycles. The van der Waals surface area contributed by atoms with Crippen LogP contribution in [0.4, 0.5) is 5.69 Å². The summed E-state index contributed by atoms with van der Waals surface area (Å²) < 4.78 is 11.4. The highest BCUT2D eigenvalue weighted by Gasteiger charge is 2.34. The first kappa shape index (κ1) is 16.9. The smallest absolute Gasteiger partial charge is 0.225 e. The summed E-state index contributed by atoms with van der Waals surface area (Å²) in [5, 5.41) is 9.97. The van der Waals surface area contributed by atoms with Crippen LogP contribution in [0, 0.1) is 0 Å². The van der Waals surface area contributed by atoms with Crippen molar-refractivity contribution in [3.8, 4) is 23.1 Å². The van der Waals surface area contributed by atoms with E-state index >= 15 is 0 Å². The number of aromatic hydroxyl groups is 1. The standard InChI is InChI=1S/C23H22N2O3/c1-27-15-9-6-13(7-10-15)20-17-11-8-14(26)12-19(17)28-23-21(20)22(24)16-4-2-3-5-18(16)25-23/h6-12,20,26H,2-5H2,1H3,(H2,24,25). The second-order valence-electron chi connectivity index (χ2n) is 7.41. The van der Waals surface area contributed by atoms with Crippen LogP contribution in [-0.2, 0) is 12.8 Å². The van der Waals surface area contributed by atoms with Gasteiger partial charge < -0.3 is 20.3 Å². The number of pyridine rings is 1. The summed E-state index contributed by atoms with van der Waals surface area (Å²) in [5.41, 5.74) is 12.7. The lowest BCUT2D eigenvalue weighted by Crippen LogP contribution is -2.19. The van der Waals surface area contributed by atoms with Gasteiger partial charge in [0.2, 0.25) is 5.88 Å². The topological polar surface area (TPSA) is 77.6 Å². The number of hydrogen-bond acceptors (Lipinski definition) is 5. The minimum absolute atomic E-state index is 0.106. The zero-order valence-corrected chi connectivity index (χ0v) is 15.7. The van der Waals surface area contributed by atoms with Crippen molar-refractivity contribution in [2.75, 3.05) is 12.8 Å². The van der Waals surface area contributed by atoms with E-state index in [1.165, 1.54) is 0 Å². The molecule has 0 amide bonds. The van der Waals surface area contributed by atoms with Crippen molar-refractivity contribution in [1.82, 2.24) is 4.98 Å². The third-order valence-corrected chi connectivity index (χ3v) is 5.77. The van der Waals surface area contributed by atoms with Gasteiger partial charge in [0.05, 0.1) is 7.11 Å². The normalized spacial score (nSPS) is 17.1. The molecule has 5 rings (SSSR count). The average molecular weight is 374 g/mol. The van der Waals surface area contributed by atoms with Crippen LogP contribution in [0.3, 0.4) is 0 Å². The lowest BCUT2D eigenvalue weighted by atomic mass is 9.80. The number of phenols is 1. The molecule has 3 N–H and O–H groups in total. The van der Waals surface area contributed by atoms with Gasteiger partial charge in [-0.2, -0.15) is 0 Å². The first-order valence-electron chi connectivity index (χ1n) is 9.61. The largest absolute Gasteiger partial charge is 0.508 e. The number of hydrogen-bond donors (Lipinski definition) is 2. The fraction of sp³-hybridized carbons (Fsp3) is 0.261. The number of rotatable bonds is 2. The van der Waals surface area contributed by atoms with Crippen LogP contribution in [0.1, 0.15) is 46.7 Å². The molecule has 1 aliphatic heterocycles. The van der Waals surface area contributed by atoms with Crippen molar-refractivity contribution >= 4 is 5.69 Å². The first-order chi connectivity index (χ1) is 13.7. The quantitative estimate of drug-likeness (QED) is 0.538. The van der Waals surface area contributed by atoms with Gasteiger partial charge >= 0.3 is 0 Å². The average Bonchev–Trinajstić information content (AvgIpc) is 2.72. The van der Waals surface area contributed by atoms with Gasteiger partial charge in [0, 0.05) is 34.5 Å². The number of aryl methyl sites for hydroxylation is 1. The van der Waals surface area contributed by atoms with E-state index in [1.807, 2.05) is 30.3 Å². The van der Waals surface area contributed by atoms with Gasteiger partial charge in [0.1, 0.15) is 17.2 Å². The molecule has 5 heteroatoms. The van der Waals surface area contributed by atoms with Crippen molar-refractivity contribution in [1.29, 1.82) is 0 Å². The number of benzene rings is 2. The Labute approximate surface area is 163 Å². The van der Waals surface area contributed by atoms with Crippen LogP contribution >= 0.6 is 0 Å². The van der Waals surface area contributed by atoms with Crippen LogP contribution < -0.4 is 15.2 Å². The minimum Gasteiger partial charge on any atom is -0.508 e. The van der Waals surface area contributed by atoms with Gasteiger partial charge in [-0.25, -0.2) is 4.98 Å². The molecule has 0 fully saturated rings. The van der Waals surface area contributed by atoms with Crippen LogP contribution in [0.2, 0.25) is 0 Å². The molecular formula is C23H22N2O3. The summed E-state index contributed by atoms with van der Waals surface area (Å²) in [6, 6.07) is 13.2. The summed E-state index contributed by atoms with van der Waals surface area (Å²) >= 11 is 0. The van der Waals surface area contributed by atoms with Crippen LogP contribution in [-0.4, -0.2) is 17.2 Å². The van der Waals surface area contributed by atoms with E-state index in [2.05, 4.69) is 0 Å². The van der Waals surface area contributed by atoms with Crippen LogP contribution in [0.25, 0.3) is 0 Å². The molecule has 142 valence electrons. The van der Waals surface area contributed by atoms with E-state index < -0.39 is 0 Å². The second-order valence-corrected chi connectivity index (χ2v) is 7.41. The highest BCUT2D eigenvalue weighted by molar-refractivity contribution is 5.69. The fourth-order valence-corrected chi connectivity index (χ4v) is 4.37. The van der Waals surface area contributed by atoms with Gasteiger partial charge in [-0.3, -0.25) is 0 Å². The lowest BCUT2D eigenvalue weighted by Gasteiger charge is -2.31. The van der Waals surface area contributed by atoms with Crippen molar-refractivity contribution in [3.05, 3.63) is 70.4 Å². The number of fused-ring (bicyclic) bond motifs is 3. The van der Waals surface area contributed by atoms with Crippen molar-refractivity contribution in [2.45, 2.75) is 31.6 Å². The molecule has 2 heterocycles. The Balaban J connectivity index is 1.75. The van der Waals surface area contributed by atoms with Crippen LogP contribution in [0.15, 0.2) is 42.5 Å². The SMILES string of the molecule is COc1ccc(C2c3ccc(O)cc3Oc3nc4c(c(N)c32)CCCC4)cc1. The second kappa shape index (κ2) is 6.44. The molecule has 5 nitrogen and oxygen atoms in total. The first-order valence-corrected chi connectivity index (χ1v) is 9.61. The van der Waals surface area contributed by atoms with Crippen molar-refractivity contribution in [2.24, 2.45) is 0 Å². The number of aromatic nitrogens is 1. The zero-order chi connectivity index (χ0) is 19.3. The number of nitrogens with two attached hydrogens (primary N) is 1. The molecule has 1 aromatic heterocycles. The maximum absolute atomic E-state index is 9.97. The molecule has 1 atom stereocenters. The number of methoxy groups -OCH3 is 1. The van der Waals surface area contributed by atoms with E-state index in [1.54, 1.807) is 19.2 Å². The number of nitrogens with zero attached hydrogens (tertiary/aromatic N) is 1. The Morgan fingerprint density at radius 3 is 2.68 bits per heavy atom. The Hall–Kier alpha value is -3.21. The predicted molar refractivity (Wildman–Crippen MR) is 107 cm³/mol. The summed E-state index contributed by atoms with van der Waals surface area (Å²) in [7, 11) is 1.66. The molecule has 1 unspecified atom stereocenters. The molecule has 3 aromatic rings. The van der Waals surface area contributed by atoms with E-state index in [4.69, 9.17) is 20.2 Å². The van der Waals surface area contributed by atoms with Gasteiger partial charge in [-0.1, -0.05) is 18.2 Å². The summed E-state index contributed by atoms with van der Waals surface area (Å²) in [6.45, 7) is 0. The minimum atomic E-state index is -0.106. The maximum atomic E-state index is 9.97. The number of ether oxygens (including phenoxy) is 2. The molecule has 2 aliphatic rings. The van der Waals surface area contributed by atoms with Crippen molar-refractivity contribution in [3.63, 3.8) is 0 Å². The number of nitrogen functional groups attached to an aromatic ring is 1. The zero-order valence-electron chi connectivity index (χ0n) is 15.7. The van der Waals surface area contributed by atoms with Gasteiger partial charge in [-0.15, -0.1) is 0 Å². The maximum Gasteiger partial charge on any atom is 0.225 e. The van der Waals surface area contributed by atoms with E-state index in [0.717, 1.165) is 65.1 Å². The van der Waals surface area contributed by atoms with E-state index in [-0.39, 0.29) is 11.7 Å².